The van der Waals surface area contributed by atoms with Crippen LogP contribution in [0.25, 0.3) is 0 Å². The minimum Gasteiger partial charge on any atom is -0.478 e. The highest BCUT2D eigenvalue weighted by atomic mass is 16.4. The maximum absolute atomic E-state index is 12.3. The van der Waals surface area contributed by atoms with Crippen molar-refractivity contribution >= 4 is 23.3 Å². The third-order valence-corrected chi connectivity index (χ3v) is 5.23. The number of benzene rings is 2. The van der Waals surface area contributed by atoms with Crippen LogP contribution in [0.3, 0.4) is 0 Å². The standard InChI is InChI=1S/C23H28N2O3/c1-15-6-5-7-16(12-15)17-10-11-25(14-17)18-8-9-20(19(13-18)21(26)27)24-22(28)23(2,3)4/h5-9,12-13,17H,10-11,14H2,1-4H3,(H,24,28)(H,26,27). The second kappa shape index (κ2) is 7.66. The van der Waals surface area contributed by atoms with Gasteiger partial charge in [0.15, 0.2) is 0 Å². The summed E-state index contributed by atoms with van der Waals surface area (Å²) < 4.78 is 0. The van der Waals surface area contributed by atoms with Crippen LogP contribution in [-0.2, 0) is 4.79 Å². The highest BCUT2D eigenvalue weighted by molar-refractivity contribution is 6.02. The summed E-state index contributed by atoms with van der Waals surface area (Å²) in [6.45, 7) is 9.23. The molecule has 2 N–H and O–H groups in total. The van der Waals surface area contributed by atoms with E-state index in [1.807, 2.05) is 6.07 Å². The Morgan fingerprint density at radius 3 is 2.54 bits per heavy atom. The molecular weight excluding hydrogens is 352 g/mol. The highest BCUT2D eigenvalue weighted by Gasteiger charge is 2.27. The van der Waals surface area contributed by atoms with Crippen molar-refractivity contribution in [2.24, 2.45) is 5.41 Å². The van der Waals surface area contributed by atoms with E-state index >= 15 is 0 Å². The molecule has 1 atom stereocenters. The number of nitrogens with one attached hydrogen (secondary N) is 1. The number of carbonyl (C=O) groups excluding carboxylic acids is 1. The summed E-state index contributed by atoms with van der Waals surface area (Å²) in [5.74, 6) is -0.808. The third-order valence-electron chi connectivity index (χ3n) is 5.23. The molecule has 1 fully saturated rings. The average Bonchev–Trinajstić information content (AvgIpc) is 3.11. The summed E-state index contributed by atoms with van der Waals surface area (Å²) in [6.07, 6.45) is 1.04. The molecule has 1 amide bonds. The first kappa shape index (κ1) is 19.9. The topological polar surface area (TPSA) is 69.6 Å². The summed E-state index contributed by atoms with van der Waals surface area (Å²) in [5, 5.41) is 12.4. The Morgan fingerprint density at radius 1 is 1.14 bits per heavy atom. The number of aryl methyl sites for hydroxylation is 1. The van der Waals surface area contributed by atoms with Gasteiger partial charge >= 0.3 is 5.97 Å². The van der Waals surface area contributed by atoms with Crippen molar-refractivity contribution in [2.75, 3.05) is 23.3 Å². The quantitative estimate of drug-likeness (QED) is 0.809. The molecule has 1 aliphatic rings. The fourth-order valence-corrected chi connectivity index (χ4v) is 3.52. The molecular formula is C23H28N2O3. The zero-order valence-electron chi connectivity index (χ0n) is 17.0. The summed E-state index contributed by atoms with van der Waals surface area (Å²) in [4.78, 5) is 26.3. The van der Waals surface area contributed by atoms with E-state index in [-0.39, 0.29) is 11.5 Å². The van der Waals surface area contributed by atoms with Gasteiger partial charge in [-0.3, -0.25) is 4.79 Å². The molecule has 0 saturated carbocycles. The van der Waals surface area contributed by atoms with Crippen LogP contribution in [0.5, 0.6) is 0 Å². The van der Waals surface area contributed by atoms with Gasteiger partial charge in [-0.1, -0.05) is 50.6 Å². The molecule has 0 spiro atoms. The van der Waals surface area contributed by atoms with Crippen molar-refractivity contribution in [1.29, 1.82) is 0 Å². The summed E-state index contributed by atoms with van der Waals surface area (Å²) in [7, 11) is 0. The average molecular weight is 380 g/mol. The number of hydrogen-bond donors (Lipinski definition) is 2. The van der Waals surface area contributed by atoms with E-state index in [0.29, 0.717) is 11.6 Å². The van der Waals surface area contributed by atoms with Gasteiger partial charge in [-0.2, -0.15) is 0 Å². The van der Waals surface area contributed by atoms with Gasteiger partial charge in [0.25, 0.3) is 0 Å². The van der Waals surface area contributed by atoms with Gasteiger partial charge in [0.1, 0.15) is 0 Å². The number of rotatable bonds is 4. The van der Waals surface area contributed by atoms with E-state index < -0.39 is 11.4 Å². The molecule has 0 radical (unpaired) electrons. The van der Waals surface area contributed by atoms with E-state index in [1.54, 1.807) is 32.9 Å². The SMILES string of the molecule is Cc1cccc(C2CCN(c3ccc(NC(=O)C(C)(C)C)c(C(=O)O)c3)C2)c1. The molecule has 5 heteroatoms. The van der Waals surface area contributed by atoms with Gasteiger partial charge in [0.2, 0.25) is 5.91 Å². The van der Waals surface area contributed by atoms with Crippen molar-refractivity contribution < 1.29 is 14.7 Å². The first-order valence-corrected chi connectivity index (χ1v) is 9.65. The van der Waals surface area contributed by atoms with Gasteiger partial charge in [0.05, 0.1) is 11.3 Å². The summed E-state index contributed by atoms with van der Waals surface area (Å²) >= 11 is 0. The van der Waals surface area contributed by atoms with Crippen molar-refractivity contribution in [3.63, 3.8) is 0 Å². The number of anilines is 2. The summed E-state index contributed by atoms with van der Waals surface area (Å²) in [6, 6.07) is 13.8. The third kappa shape index (κ3) is 4.35. The van der Waals surface area contributed by atoms with Crippen LogP contribution in [0, 0.1) is 12.3 Å². The van der Waals surface area contributed by atoms with Gasteiger partial charge in [-0.15, -0.1) is 0 Å². The van der Waals surface area contributed by atoms with Gasteiger partial charge in [-0.25, -0.2) is 4.79 Å². The van der Waals surface area contributed by atoms with Crippen molar-refractivity contribution in [2.45, 2.75) is 40.0 Å². The maximum Gasteiger partial charge on any atom is 0.337 e. The first-order chi connectivity index (χ1) is 13.1. The molecule has 1 heterocycles. The first-order valence-electron chi connectivity index (χ1n) is 9.65. The Morgan fingerprint density at radius 2 is 1.89 bits per heavy atom. The Labute approximate surface area is 166 Å². The molecule has 1 saturated heterocycles. The number of carbonyl (C=O) groups is 2. The molecule has 148 valence electrons. The van der Waals surface area contributed by atoms with Gasteiger partial charge in [0, 0.05) is 30.1 Å². The maximum atomic E-state index is 12.3. The number of amides is 1. The van der Waals surface area contributed by atoms with E-state index in [0.717, 1.165) is 25.2 Å². The van der Waals surface area contributed by atoms with E-state index in [4.69, 9.17) is 0 Å². The Bertz CT molecular complexity index is 899. The minimum absolute atomic E-state index is 0.120. The zero-order chi connectivity index (χ0) is 20.5. The zero-order valence-corrected chi connectivity index (χ0v) is 17.0. The minimum atomic E-state index is -1.04. The van der Waals surface area contributed by atoms with Crippen LogP contribution >= 0.6 is 0 Å². The lowest BCUT2D eigenvalue weighted by Crippen LogP contribution is -2.28. The van der Waals surface area contributed by atoms with Crippen LogP contribution in [-0.4, -0.2) is 30.1 Å². The Kier molecular flexibility index (Phi) is 5.45. The van der Waals surface area contributed by atoms with Crippen LogP contribution in [0.1, 0.15) is 54.6 Å². The second-order valence-electron chi connectivity index (χ2n) is 8.58. The second-order valence-corrected chi connectivity index (χ2v) is 8.58. The molecule has 1 unspecified atom stereocenters. The lowest BCUT2D eigenvalue weighted by atomic mass is 9.95. The van der Waals surface area contributed by atoms with Gasteiger partial charge < -0.3 is 15.3 Å². The molecule has 0 bridgehead atoms. The van der Waals surface area contributed by atoms with Crippen LogP contribution in [0.15, 0.2) is 42.5 Å². The van der Waals surface area contributed by atoms with Crippen LogP contribution in [0.2, 0.25) is 0 Å². The predicted octanol–water partition coefficient (Wildman–Crippen LogP) is 4.67. The molecule has 5 nitrogen and oxygen atoms in total. The number of carboxylic acid groups (broad SMARTS) is 1. The number of carboxylic acids is 1. The lowest BCUT2D eigenvalue weighted by Gasteiger charge is -2.22. The van der Waals surface area contributed by atoms with Crippen LogP contribution < -0.4 is 10.2 Å². The smallest absolute Gasteiger partial charge is 0.337 e. The molecule has 2 aromatic carbocycles. The lowest BCUT2D eigenvalue weighted by molar-refractivity contribution is -0.123. The largest absolute Gasteiger partial charge is 0.478 e. The van der Waals surface area contributed by atoms with Crippen LogP contribution in [0.4, 0.5) is 11.4 Å². The van der Waals surface area contributed by atoms with Crippen molar-refractivity contribution in [3.05, 3.63) is 59.2 Å². The highest BCUT2D eigenvalue weighted by Crippen LogP contribution is 2.33. The summed E-state index contributed by atoms with van der Waals surface area (Å²) in [5.41, 5.74) is 3.32. The van der Waals surface area contributed by atoms with E-state index in [1.165, 1.54) is 11.1 Å². The molecule has 0 aliphatic carbocycles. The predicted molar refractivity (Wildman–Crippen MR) is 112 cm³/mol. The Hall–Kier alpha value is -2.82. The monoisotopic (exact) mass is 380 g/mol. The molecule has 2 aromatic rings. The number of hydrogen-bond acceptors (Lipinski definition) is 3. The fraction of sp³-hybridized carbons (Fsp3) is 0.391. The van der Waals surface area contributed by atoms with E-state index in [2.05, 4.69) is 41.4 Å². The van der Waals surface area contributed by atoms with Crippen molar-refractivity contribution in [1.82, 2.24) is 0 Å². The fourth-order valence-electron chi connectivity index (χ4n) is 3.52. The normalized spacial score (nSPS) is 16.9. The van der Waals surface area contributed by atoms with E-state index in [9.17, 15) is 14.7 Å². The number of aromatic carboxylic acids is 1. The molecule has 28 heavy (non-hydrogen) atoms. The molecule has 1 aliphatic heterocycles. The van der Waals surface area contributed by atoms with Crippen molar-refractivity contribution in [3.8, 4) is 0 Å². The molecule has 0 aromatic heterocycles. The van der Waals surface area contributed by atoms with Gasteiger partial charge in [-0.05, 0) is 37.1 Å². The number of nitrogens with zero attached hydrogens (tertiary/aromatic N) is 1. The Balaban J connectivity index is 1.81. The molecule has 3 rings (SSSR count).